The monoisotopic (exact) mass is 214 g/mol. The second kappa shape index (κ2) is 4.26. The molecular formula is C12H14N4. The number of rotatable bonds is 2. The van der Waals surface area contributed by atoms with E-state index >= 15 is 0 Å². The predicted molar refractivity (Wildman–Crippen MR) is 65.8 cm³/mol. The topological polar surface area (TPSA) is 42.5 Å². The molecule has 0 aliphatic rings. The molecule has 0 bridgehead atoms. The Morgan fingerprint density at radius 1 is 1.44 bits per heavy atom. The van der Waals surface area contributed by atoms with Gasteiger partial charge in [0.2, 0.25) is 0 Å². The van der Waals surface area contributed by atoms with Gasteiger partial charge in [0.25, 0.3) is 0 Å². The molecule has 0 radical (unpaired) electrons. The molecule has 82 valence electrons. The van der Waals surface area contributed by atoms with Crippen molar-refractivity contribution >= 4 is 17.4 Å². The van der Waals surface area contributed by atoms with Crippen LogP contribution in [0.15, 0.2) is 29.7 Å². The van der Waals surface area contributed by atoms with Gasteiger partial charge < -0.3 is 0 Å². The zero-order valence-corrected chi connectivity index (χ0v) is 9.68. The van der Waals surface area contributed by atoms with Crippen LogP contribution >= 0.6 is 0 Å². The molecule has 2 rings (SSSR count). The summed E-state index contributed by atoms with van der Waals surface area (Å²) in [5, 5.41) is 0. The molecule has 0 unspecified atom stereocenters. The number of nitrogens with zero attached hydrogens (tertiary/aromatic N) is 4. The van der Waals surface area contributed by atoms with E-state index in [4.69, 9.17) is 0 Å². The van der Waals surface area contributed by atoms with Crippen LogP contribution in [0.5, 0.6) is 0 Å². The second-order valence-corrected chi connectivity index (χ2v) is 3.48. The number of aliphatic imine (C=N–C) groups is 1. The normalized spacial score (nSPS) is 12.8. The summed E-state index contributed by atoms with van der Waals surface area (Å²) in [5.41, 5.74) is 3.91. The predicted octanol–water partition coefficient (Wildman–Crippen LogP) is 2.14. The highest BCUT2D eigenvalue weighted by Gasteiger charge is 2.07. The minimum absolute atomic E-state index is 0.890. The van der Waals surface area contributed by atoms with Gasteiger partial charge in [0.15, 0.2) is 5.65 Å². The number of aryl methyl sites for hydroxylation is 1. The Hall–Kier alpha value is -1.97. The lowest BCUT2D eigenvalue weighted by atomic mass is 10.2. The summed E-state index contributed by atoms with van der Waals surface area (Å²) in [7, 11) is 1.76. The number of hydrogen-bond acceptors (Lipinski definition) is 3. The van der Waals surface area contributed by atoms with Crippen LogP contribution in [0, 0.1) is 6.92 Å². The quantitative estimate of drug-likeness (QED) is 0.719. The van der Waals surface area contributed by atoms with Crippen molar-refractivity contribution in [2.75, 3.05) is 7.05 Å². The van der Waals surface area contributed by atoms with E-state index in [-0.39, 0.29) is 0 Å². The van der Waals surface area contributed by atoms with Crippen LogP contribution in [0.1, 0.15) is 18.3 Å². The smallest absolute Gasteiger partial charge is 0.158 e. The van der Waals surface area contributed by atoms with Gasteiger partial charge in [-0.15, -0.1) is 0 Å². The molecule has 2 aromatic heterocycles. The number of allylic oxidation sites excluding steroid dienone is 2. The Balaban J connectivity index is 2.66. The Labute approximate surface area is 94.4 Å². The molecule has 0 fully saturated rings. The van der Waals surface area contributed by atoms with Crippen LogP contribution in [0.25, 0.3) is 11.2 Å². The zero-order valence-electron chi connectivity index (χ0n) is 9.68. The zero-order chi connectivity index (χ0) is 11.5. The first-order valence-corrected chi connectivity index (χ1v) is 5.15. The summed E-state index contributed by atoms with van der Waals surface area (Å²) in [6.07, 6.45) is 9.40. The molecule has 4 nitrogen and oxygen atoms in total. The summed E-state index contributed by atoms with van der Waals surface area (Å²) in [5.74, 6) is 0. The van der Waals surface area contributed by atoms with E-state index in [2.05, 4.69) is 15.0 Å². The summed E-state index contributed by atoms with van der Waals surface area (Å²) in [4.78, 5) is 12.6. The first-order valence-electron chi connectivity index (χ1n) is 5.15. The van der Waals surface area contributed by atoms with Crippen LogP contribution in [0.3, 0.4) is 0 Å². The van der Waals surface area contributed by atoms with Gasteiger partial charge in [-0.05, 0) is 13.8 Å². The molecule has 0 N–H and O–H groups in total. The van der Waals surface area contributed by atoms with Crippen LogP contribution in [0.2, 0.25) is 0 Å². The number of imidazole rings is 1. The lowest BCUT2D eigenvalue weighted by Gasteiger charge is -2.02. The molecule has 0 saturated heterocycles. The molecule has 4 heteroatoms. The van der Waals surface area contributed by atoms with Gasteiger partial charge in [-0.25, -0.2) is 4.98 Å². The van der Waals surface area contributed by atoms with Crippen molar-refractivity contribution in [2.45, 2.75) is 13.8 Å². The van der Waals surface area contributed by atoms with Crippen LogP contribution in [-0.2, 0) is 0 Å². The third kappa shape index (κ3) is 1.62. The Kier molecular flexibility index (Phi) is 2.81. The Bertz CT molecular complexity index is 563. The maximum atomic E-state index is 4.37. The van der Waals surface area contributed by atoms with E-state index < -0.39 is 0 Å². The summed E-state index contributed by atoms with van der Waals surface area (Å²) < 4.78 is 2.03. The minimum atomic E-state index is 0.890. The van der Waals surface area contributed by atoms with Crippen LogP contribution < -0.4 is 0 Å². The lowest BCUT2D eigenvalue weighted by molar-refractivity contribution is 1.07. The highest BCUT2D eigenvalue weighted by Crippen LogP contribution is 2.15. The van der Waals surface area contributed by atoms with Crippen molar-refractivity contribution in [1.82, 2.24) is 14.4 Å². The molecule has 0 aliphatic carbocycles. The summed E-state index contributed by atoms with van der Waals surface area (Å²) in [6.45, 7) is 3.94. The van der Waals surface area contributed by atoms with Crippen LogP contribution in [-0.4, -0.2) is 27.6 Å². The molecule has 0 aliphatic heterocycles. The SMILES string of the molecule is C/C=C(\C=NC)c1cnc2c(C)nccn12. The van der Waals surface area contributed by atoms with Crippen molar-refractivity contribution in [3.8, 4) is 0 Å². The number of fused-ring (bicyclic) bond motifs is 1. The van der Waals surface area contributed by atoms with Crippen molar-refractivity contribution in [3.05, 3.63) is 36.1 Å². The first-order chi connectivity index (χ1) is 7.77. The van der Waals surface area contributed by atoms with Crippen molar-refractivity contribution in [1.29, 1.82) is 0 Å². The first kappa shape index (κ1) is 10.5. The standard InChI is InChI=1S/C12H14N4/c1-4-10(7-13-3)11-8-15-12-9(2)14-5-6-16(11)12/h4-8H,1-3H3/b10-4+,13-7?. The molecule has 0 aromatic carbocycles. The number of aromatic nitrogens is 3. The van der Waals surface area contributed by atoms with E-state index in [1.165, 1.54) is 0 Å². The third-order valence-corrected chi connectivity index (χ3v) is 2.48. The Morgan fingerprint density at radius 2 is 2.25 bits per heavy atom. The van der Waals surface area contributed by atoms with Crippen LogP contribution in [0.4, 0.5) is 0 Å². The second-order valence-electron chi connectivity index (χ2n) is 3.48. The van der Waals surface area contributed by atoms with Crippen molar-refractivity contribution in [3.63, 3.8) is 0 Å². The molecule has 2 aromatic rings. The van der Waals surface area contributed by atoms with E-state index in [0.717, 1.165) is 22.6 Å². The average molecular weight is 214 g/mol. The molecule has 16 heavy (non-hydrogen) atoms. The lowest BCUT2D eigenvalue weighted by Crippen LogP contribution is -1.95. The summed E-state index contributed by atoms with van der Waals surface area (Å²) >= 11 is 0. The fraction of sp³-hybridized carbons (Fsp3) is 0.250. The maximum Gasteiger partial charge on any atom is 0.158 e. The van der Waals surface area contributed by atoms with Gasteiger partial charge in [0.1, 0.15) is 0 Å². The molecule has 0 saturated carbocycles. The molecular weight excluding hydrogens is 200 g/mol. The highest BCUT2D eigenvalue weighted by molar-refractivity contribution is 6.09. The van der Waals surface area contributed by atoms with E-state index in [9.17, 15) is 0 Å². The fourth-order valence-electron chi connectivity index (χ4n) is 1.69. The molecule has 0 spiro atoms. The highest BCUT2D eigenvalue weighted by atomic mass is 15.0. The average Bonchev–Trinajstić information content (AvgIpc) is 2.71. The third-order valence-electron chi connectivity index (χ3n) is 2.48. The van der Waals surface area contributed by atoms with Gasteiger partial charge in [0, 0.05) is 31.2 Å². The Morgan fingerprint density at radius 3 is 2.94 bits per heavy atom. The number of hydrogen-bond donors (Lipinski definition) is 0. The molecule has 2 heterocycles. The fourth-order valence-corrected chi connectivity index (χ4v) is 1.69. The van der Waals surface area contributed by atoms with Gasteiger partial charge in [-0.3, -0.25) is 14.4 Å². The van der Waals surface area contributed by atoms with Crippen molar-refractivity contribution in [2.24, 2.45) is 4.99 Å². The van der Waals surface area contributed by atoms with Gasteiger partial charge >= 0.3 is 0 Å². The summed E-state index contributed by atoms with van der Waals surface area (Å²) in [6, 6.07) is 0. The van der Waals surface area contributed by atoms with Gasteiger partial charge in [-0.2, -0.15) is 0 Å². The van der Waals surface area contributed by atoms with E-state index in [1.807, 2.05) is 42.9 Å². The van der Waals surface area contributed by atoms with Crippen molar-refractivity contribution < 1.29 is 0 Å². The molecule has 0 atom stereocenters. The largest absolute Gasteiger partial charge is 0.297 e. The molecule has 0 amide bonds. The van der Waals surface area contributed by atoms with E-state index in [0.29, 0.717) is 0 Å². The van der Waals surface area contributed by atoms with Gasteiger partial charge in [0.05, 0.1) is 17.6 Å². The maximum absolute atomic E-state index is 4.37. The minimum Gasteiger partial charge on any atom is -0.297 e. The van der Waals surface area contributed by atoms with E-state index in [1.54, 1.807) is 13.2 Å². The van der Waals surface area contributed by atoms with Gasteiger partial charge in [-0.1, -0.05) is 6.08 Å².